The summed E-state index contributed by atoms with van der Waals surface area (Å²) >= 11 is 0. The fourth-order valence-electron chi connectivity index (χ4n) is 2.47. The number of carbonyl (C=O) groups excluding carboxylic acids is 1. The van der Waals surface area contributed by atoms with E-state index >= 15 is 0 Å². The standard InChI is InChI=1S/C18H19F4N3O3S/c1-24(2)16-9-4-12(18(20,21)22)10-15(16)23-17(26)11-25(3)29(27,28)14-7-5-13(19)6-8-14/h4-10H,11H2,1-3H3,(H,23,26). The molecule has 2 aromatic carbocycles. The summed E-state index contributed by atoms with van der Waals surface area (Å²) < 4.78 is 77.6. The number of nitrogens with zero attached hydrogens (tertiary/aromatic N) is 2. The molecule has 0 atom stereocenters. The van der Waals surface area contributed by atoms with Crippen molar-refractivity contribution in [2.24, 2.45) is 0 Å². The van der Waals surface area contributed by atoms with Gasteiger partial charge in [0.1, 0.15) is 5.82 Å². The molecule has 0 aliphatic heterocycles. The Kier molecular flexibility index (Phi) is 6.53. The molecule has 0 saturated carbocycles. The number of sulfonamides is 1. The fourth-order valence-corrected chi connectivity index (χ4v) is 3.59. The van der Waals surface area contributed by atoms with Crippen LogP contribution >= 0.6 is 0 Å². The van der Waals surface area contributed by atoms with E-state index in [1.807, 2.05) is 0 Å². The van der Waals surface area contributed by atoms with Gasteiger partial charge in [0.25, 0.3) is 0 Å². The summed E-state index contributed by atoms with van der Waals surface area (Å²) in [6.45, 7) is -0.650. The third-order valence-electron chi connectivity index (χ3n) is 3.97. The monoisotopic (exact) mass is 433 g/mol. The summed E-state index contributed by atoms with van der Waals surface area (Å²) in [5.41, 5.74) is -0.747. The van der Waals surface area contributed by atoms with Gasteiger partial charge in [0.15, 0.2) is 0 Å². The van der Waals surface area contributed by atoms with E-state index in [1.165, 1.54) is 11.0 Å². The average Bonchev–Trinajstić information content (AvgIpc) is 2.60. The van der Waals surface area contributed by atoms with Crippen LogP contribution in [0.1, 0.15) is 5.56 Å². The number of nitrogens with one attached hydrogen (secondary N) is 1. The van der Waals surface area contributed by atoms with Crippen LogP contribution in [-0.4, -0.2) is 46.3 Å². The topological polar surface area (TPSA) is 69.7 Å². The van der Waals surface area contributed by atoms with Crippen LogP contribution in [0.25, 0.3) is 0 Å². The highest BCUT2D eigenvalue weighted by Gasteiger charge is 2.31. The molecule has 0 heterocycles. The highest BCUT2D eigenvalue weighted by atomic mass is 32.2. The van der Waals surface area contributed by atoms with Gasteiger partial charge >= 0.3 is 6.18 Å². The van der Waals surface area contributed by atoms with Crippen LogP contribution in [0.5, 0.6) is 0 Å². The second kappa shape index (κ2) is 8.37. The van der Waals surface area contributed by atoms with Gasteiger partial charge in [-0.25, -0.2) is 12.8 Å². The second-order valence-electron chi connectivity index (χ2n) is 6.39. The largest absolute Gasteiger partial charge is 0.416 e. The summed E-state index contributed by atoms with van der Waals surface area (Å²) in [5, 5.41) is 2.32. The predicted molar refractivity (Wildman–Crippen MR) is 101 cm³/mol. The van der Waals surface area contributed by atoms with Gasteiger partial charge in [-0.15, -0.1) is 0 Å². The zero-order valence-corrected chi connectivity index (χ0v) is 16.6. The Labute approximate surface area is 165 Å². The number of carbonyl (C=O) groups is 1. The van der Waals surface area contributed by atoms with Crippen LogP contribution in [0.15, 0.2) is 47.4 Å². The molecule has 2 rings (SSSR count). The SMILES string of the molecule is CN(C)c1ccc(C(F)(F)F)cc1NC(=O)CN(C)S(=O)(=O)c1ccc(F)cc1. The molecule has 0 bridgehead atoms. The van der Waals surface area contributed by atoms with E-state index in [0.29, 0.717) is 5.69 Å². The first-order valence-electron chi connectivity index (χ1n) is 8.22. The quantitative estimate of drug-likeness (QED) is 0.711. The maximum atomic E-state index is 13.0. The lowest BCUT2D eigenvalue weighted by Crippen LogP contribution is -2.35. The Morgan fingerprint density at radius 3 is 2.14 bits per heavy atom. The Morgan fingerprint density at radius 1 is 1.03 bits per heavy atom. The van der Waals surface area contributed by atoms with Crippen molar-refractivity contribution >= 4 is 27.3 Å². The number of halogens is 4. The first-order valence-corrected chi connectivity index (χ1v) is 9.66. The van der Waals surface area contributed by atoms with E-state index in [-0.39, 0.29) is 10.6 Å². The van der Waals surface area contributed by atoms with Crippen molar-refractivity contribution < 1.29 is 30.8 Å². The molecule has 11 heteroatoms. The number of amides is 1. The first-order chi connectivity index (χ1) is 13.3. The van der Waals surface area contributed by atoms with Gasteiger partial charge < -0.3 is 10.2 Å². The molecule has 0 unspecified atom stereocenters. The molecule has 0 fully saturated rings. The highest BCUT2D eigenvalue weighted by Crippen LogP contribution is 2.35. The van der Waals surface area contributed by atoms with E-state index in [4.69, 9.17) is 0 Å². The number of alkyl halides is 3. The van der Waals surface area contributed by atoms with E-state index in [1.54, 1.807) is 14.1 Å². The predicted octanol–water partition coefficient (Wildman–Crippen LogP) is 3.17. The molecule has 1 N–H and O–H groups in total. The molecule has 0 saturated heterocycles. The number of benzene rings is 2. The molecule has 0 spiro atoms. The normalized spacial score (nSPS) is 12.1. The van der Waals surface area contributed by atoms with Crippen LogP contribution in [-0.2, 0) is 21.0 Å². The van der Waals surface area contributed by atoms with Gasteiger partial charge in [-0.3, -0.25) is 4.79 Å². The van der Waals surface area contributed by atoms with Crippen LogP contribution in [0, 0.1) is 5.82 Å². The van der Waals surface area contributed by atoms with Crippen LogP contribution in [0.2, 0.25) is 0 Å². The van der Waals surface area contributed by atoms with E-state index in [0.717, 1.165) is 47.8 Å². The van der Waals surface area contributed by atoms with Crippen molar-refractivity contribution in [3.8, 4) is 0 Å². The van der Waals surface area contributed by atoms with E-state index in [9.17, 15) is 30.8 Å². The summed E-state index contributed by atoms with van der Waals surface area (Å²) in [6, 6.07) is 6.90. The summed E-state index contributed by atoms with van der Waals surface area (Å²) in [4.78, 5) is 13.6. The second-order valence-corrected chi connectivity index (χ2v) is 8.43. The van der Waals surface area contributed by atoms with Crippen molar-refractivity contribution in [3.63, 3.8) is 0 Å². The first kappa shape index (κ1) is 22.6. The van der Waals surface area contributed by atoms with Gasteiger partial charge in [0.05, 0.1) is 28.4 Å². The molecule has 2 aromatic rings. The van der Waals surface area contributed by atoms with E-state index in [2.05, 4.69) is 5.32 Å². The van der Waals surface area contributed by atoms with E-state index < -0.39 is 40.0 Å². The van der Waals surface area contributed by atoms with Crippen LogP contribution in [0.3, 0.4) is 0 Å². The lowest BCUT2D eigenvalue weighted by atomic mass is 10.1. The van der Waals surface area contributed by atoms with Crippen molar-refractivity contribution in [1.29, 1.82) is 0 Å². The minimum atomic E-state index is -4.60. The molecule has 158 valence electrons. The number of hydrogen-bond acceptors (Lipinski definition) is 4. The smallest absolute Gasteiger partial charge is 0.376 e. The number of rotatable bonds is 6. The zero-order chi connectivity index (χ0) is 22.0. The van der Waals surface area contributed by atoms with Crippen molar-refractivity contribution in [2.45, 2.75) is 11.1 Å². The Bertz CT molecular complexity index is 990. The molecule has 0 radical (unpaired) electrons. The fraction of sp³-hybridized carbons (Fsp3) is 0.278. The minimum Gasteiger partial charge on any atom is -0.376 e. The lowest BCUT2D eigenvalue weighted by molar-refractivity contribution is -0.137. The molecular weight excluding hydrogens is 414 g/mol. The Hall–Kier alpha value is -2.66. The van der Waals surface area contributed by atoms with Gasteiger partial charge in [-0.2, -0.15) is 17.5 Å². The minimum absolute atomic E-state index is 0.109. The highest BCUT2D eigenvalue weighted by molar-refractivity contribution is 7.89. The van der Waals surface area contributed by atoms with Crippen LogP contribution in [0.4, 0.5) is 28.9 Å². The third kappa shape index (κ3) is 5.45. The maximum Gasteiger partial charge on any atom is 0.416 e. The van der Waals surface area contributed by atoms with Crippen LogP contribution < -0.4 is 10.2 Å². The van der Waals surface area contributed by atoms with Gasteiger partial charge in [0.2, 0.25) is 15.9 Å². The molecule has 29 heavy (non-hydrogen) atoms. The third-order valence-corrected chi connectivity index (χ3v) is 5.79. The molecule has 1 amide bonds. The molecular formula is C18H19F4N3O3S. The summed E-state index contributed by atoms with van der Waals surface area (Å²) in [6.07, 6.45) is -4.60. The average molecular weight is 433 g/mol. The summed E-state index contributed by atoms with van der Waals surface area (Å²) in [5.74, 6) is -1.45. The molecule has 6 nitrogen and oxygen atoms in total. The van der Waals surface area contributed by atoms with Crippen molar-refractivity contribution in [2.75, 3.05) is 37.9 Å². The molecule has 0 aliphatic carbocycles. The summed E-state index contributed by atoms with van der Waals surface area (Å²) in [7, 11) is 0.224. The lowest BCUT2D eigenvalue weighted by Gasteiger charge is -2.21. The number of hydrogen-bond donors (Lipinski definition) is 1. The molecule has 0 aromatic heterocycles. The maximum absolute atomic E-state index is 13.0. The van der Waals surface area contributed by atoms with Gasteiger partial charge in [0, 0.05) is 21.1 Å². The van der Waals surface area contributed by atoms with Crippen molar-refractivity contribution in [1.82, 2.24) is 4.31 Å². The zero-order valence-electron chi connectivity index (χ0n) is 15.8. The Morgan fingerprint density at radius 2 is 1.62 bits per heavy atom. The van der Waals surface area contributed by atoms with Gasteiger partial charge in [-0.1, -0.05) is 0 Å². The van der Waals surface area contributed by atoms with Gasteiger partial charge in [-0.05, 0) is 42.5 Å². The Balaban J connectivity index is 2.22. The van der Waals surface area contributed by atoms with Crippen molar-refractivity contribution in [3.05, 3.63) is 53.8 Å². The molecule has 0 aliphatic rings. The number of anilines is 2. The number of likely N-dealkylation sites (N-methyl/N-ethyl adjacent to an activating group) is 1.